The lowest BCUT2D eigenvalue weighted by Crippen LogP contribution is -2.38. The molecule has 1 aromatic carbocycles. The van der Waals surface area contributed by atoms with E-state index in [1.54, 1.807) is 5.38 Å². The zero-order chi connectivity index (χ0) is 15.9. The molecule has 2 heterocycles. The summed E-state index contributed by atoms with van der Waals surface area (Å²) in [5.74, 6) is 0.558. The molecule has 0 saturated carbocycles. The Morgan fingerprint density at radius 2 is 1.86 bits per heavy atom. The van der Waals surface area contributed by atoms with Crippen LogP contribution in [0.1, 0.15) is 38.2 Å². The zero-order valence-electron chi connectivity index (χ0n) is 12.7. The van der Waals surface area contributed by atoms with E-state index in [4.69, 9.17) is 0 Å². The number of thiophene rings is 1. The Morgan fingerprint density at radius 1 is 1.18 bits per heavy atom. The first kappa shape index (κ1) is 15.6. The van der Waals surface area contributed by atoms with Crippen LogP contribution in [0.2, 0.25) is 0 Å². The summed E-state index contributed by atoms with van der Waals surface area (Å²) in [6.07, 6.45) is 0.637. The fourth-order valence-electron chi connectivity index (χ4n) is 2.69. The van der Waals surface area contributed by atoms with E-state index >= 15 is 0 Å². The molecular weight excluding hydrogens is 318 g/mol. The average Bonchev–Trinajstić information content (AvgIpc) is 2.91. The number of nitrogens with zero attached hydrogens (tertiary/aromatic N) is 1. The Labute approximate surface area is 134 Å². The van der Waals surface area contributed by atoms with Crippen LogP contribution in [0, 0.1) is 0 Å². The van der Waals surface area contributed by atoms with Gasteiger partial charge in [-0.1, -0.05) is 26.0 Å². The van der Waals surface area contributed by atoms with E-state index in [1.807, 2.05) is 12.1 Å². The number of rotatable bonds is 3. The van der Waals surface area contributed by atoms with Crippen LogP contribution in [0.3, 0.4) is 0 Å². The summed E-state index contributed by atoms with van der Waals surface area (Å²) in [5, 5.41) is 2.51. The zero-order valence-corrected chi connectivity index (χ0v) is 14.3. The van der Waals surface area contributed by atoms with E-state index in [0.29, 0.717) is 36.7 Å². The molecule has 118 valence electrons. The third-order valence-electron chi connectivity index (χ3n) is 4.13. The number of carbonyl (C=O) groups excluding carboxylic acids is 1. The highest BCUT2D eigenvalue weighted by molar-refractivity contribution is 7.89. The average molecular weight is 337 g/mol. The Kier molecular flexibility index (Phi) is 4.09. The standard InChI is InChI=1S/C16H19NO3S2/c1-11(2)12-3-4-14-15(9-12)21-10-16(14)22(19,20)17-7-5-13(18)6-8-17/h3-4,9-11H,5-8H2,1-2H3. The lowest BCUT2D eigenvalue weighted by Gasteiger charge is -2.25. The van der Waals surface area contributed by atoms with E-state index in [2.05, 4.69) is 19.9 Å². The van der Waals surface area contributed by atoms with Crippen molar-refractivity contribution in [1.29, 1.82) is 0 Å². The number of hydrogen-bond acceptors (Lipinski definition) is 4. The first-order chi connectivity index (χ1) is 10.4. The van der Waals surface area contributed by atoms with Gasteiger partial charge in [-0.3, -0.25) is 4.79 Å². The number of hydrogen-bond donors (Lipinski definition) is 0. The van der Waals surface area contributed by atoms with E-state index < -0.39 is 10.0 Å². The smallest absolute Gasteiger partial charge is 0.244 e. The van der Waals surface area contributed by atoms with Crippen molar-refractivity contribution >= 4 is 37.2 Å². The molecule has 6 heteroatoms. The molecule has 4 nitrogen and oxygen atoms in total. The lowest BCUT2D eigenvalue weighted by molar-refractivity contribution is -0.120. The Hall–Kier alpha value is -1.24. The first-order valence-electron chi connectivity index (χ1n) is 7.42. The van der Waals surface area contributed by atoms with Crippen LogP contribution in [0.5, 0.6) is 0 Å². The number of ketones is 1. The van der Waals surface area contributed by atoms with Gasteiger partial charge in [0.1, 0.15) is 10.7 Å². The topological polar surface area (TPSA) is 54.5 Å². The lowest BCUT2D eigenvalue weighted by atomic mass is 10.0. The van der Waals surface area contributed by atoms with Gasteiger partial charge in [-0.25, -0.2) is 8.42 Å². The van der Waals surface area contributed by atoms with Crippen molar-refractivity contribution in [1.82, 2.24) is 4.31 Å². The van der Waals surface area contributed by atoms with E-state index in [1.165, 1.54) is 21.2 Å². The van der Waals surface area contributed by atoms with Gasteiger partial charge in [0.2, 0.25) is 10.0 Å². The fourth-order valence-corrected chi connectivity index (χ4v) is 5.66. The minimum absolute atomic E-state index is 0.142. The maximum absolute atomic E-state index is 12.8. The Balaban J connectivity index is 2.00. The molecule has 1 aromatic heterocycles. The number of carbonyl (C=O) groups is 1. The molecule has 0 N–H and O–H groups in total. The monoisotopic (exact) mass is 337 g/mol. The number of sulfonamides is 1. The third-order valence-corrected chi connectivity index (χ3v) is 7.16. The van der Waals surface area contributed by atoms with Gasteiger partial charge < -0.3 is 0 Å². The van der Waals surface area contributed by atoms with Crippen LogP contribution >= 0.6 is 11.3 Å². The summed E-state index contributed by atoms with van der Waals surface area (Å²) < 4.78 is 28.1. The molecule has 0 unspecified atom stereocenters. The predicted molar refractivity (Wildman–Crippen MR) is 88.9 cm³/mol. The van der Waals surface area contributed by atoms with E-state index in [-0.39, 0.29) is 5.78 Å². The molecule has 1 aliphatic rings. The fraction of sp³-hybridized carbons (Fsp3) is 0.438. The van der Waals surface area contributed by atoms with Gasteiger partial charge in [0.15, 0.2) is 0 Å². The van der Waals surface area contributed by atoms with Gasteiger partial charge in [-0.15, -0.1) is 11.3 Å². The second-order valence-electron chi connectivity index (χ2n) is 5.95. The molecule has 3 rings (SSSR count). The number of piperidine rings is 1. The Morgan fingerprint density at radius 3 is 2.50 bits per heavy atom. The van der Waals surface area contributed by atoms with Crippen molar-refractivity contribution < 1.29 is 13.2 Å². The normalized spacial score (nSPS) is 17.5. The van der Waals surface area contributed by atoms with Crippen molar-refractivity contribution in [3.63, 3.8) is 0 Å². The van der Waals surface area contributed by atoms with Gasteiger partial charge in [0.05, 0.1) is 0 Å². The minimum Gasteiger partial charge on any atom is -0.300 e. The van der Waals surface area contributed by atoms with Crippen LogP contribution < -0.4 is 0 Å². The van der Waals surface area contributed by atoms with E-state index in [0.717, 1.165) is 10.1 Å². The summed E-state index contributed by atoms with van der Waals surface area (Å²) in [7, 11) is -3.51. The highest BCUT2D eigenvalue weighted by Gasteiger charge is 2.30. The van der Waals surface area contributed by atoms with Crippen LogP contribution in [0.4, 0.5) is 0 Å². The predicted octanol–water partition coefficient (Wildman–Crippen LogP) is 3.38. The van der Waals surface area contributed by atoms with Gasteiger partial charge in [-0.2, -0.15) is 4.31 Å². The second kappa shape index (κ2) is 5.76. The number of benzene rings is 1. The number of Topliss-reactive ketones (excluding diaryl/α,β-unsaturated/α-hetero) is 1. The largest absolute Gasteiger partial charge is 0.300 e. The van der Waals surface area contributed by atoms with Crippen LogP contribution in [-0.4, -0.2) is 31.6 Å². The molecule has 0 aliphatic carbocycles. The molecule has 1 fully saturated rings. The van der Waals surface area contributed by atoms with Gasteiger partial charge in [-0.05, 0) is 17.5 Å². The van der Waals surface area contributed by atoms with Crippen LogP contribution in [0.25, 0.3) is 10.1 Å². The van der Waals surface area contributed by atoms with Crippen LogP contribution in [0.15, 0.2) is 28.5 Å². The summed E-state index contributed by atoms with van der Waals surface area (Å²) in [6.45, 7) is 4.83. The minimum atomic E-state index is -3.51. The molecular formula is C16H19NO3S2. The first-order valence-corrected chi connectivity index (χ1v) is 9.74. The maximum atomic E-state index is 12.8. The van der Waals surface area contributed by atoms with Crippen molar-refractivity contribution in [2.24, 2.45) is 0 Å². The quantitative estimate of drug-likeness (QED) is 0.863. The molecule has 2 aromatic rings. The Bertz CT molecular complexity index is 811. The summed E-state index contributed by atoms with van der Waals surface area (Å²) in [5.41, 5.74) is 1.21. The summed E-state index contributed by atoms with van der Waals surface area (Å²) in [4.78, 5) is 11.7. The van der Waals surface area contributed by atoms with E-state index in [9.17, 15) is 13.2 Å². The summed E-state index contributed by atoms with van der Waals surface area (Å²) in [6, 6.07) is 5.98. The molecule has 1 aliphatic heterocycles. The highest BCUT2D eigenvalue weighted by atomic mass is 32.2. The van der Waals surface area contributed by atoms with Gasteiger partial charge in [0.25, 0.3) is 0 Å². The summed E-state index contributed by atoms with van der Waals surface area (Å²) >= 11 is 1.46. The van der Waals surface area contributed by atoms with Crippen molar-refractivity contribution in [2.45, 2.75) is 37.5 Å². The van der Waals surface area contributed by atoms with Crippen molar-refractivity contribution in [2.75, 3.05) is 13.1 Å². The van der Waals surface area contributed by atoms with Crippen molar-refractivity contribution in [3.05, 3.63) is 29.1 Å². The molecule has 0 amide bonds. The van der Waals surface area contributed by atoms with Crippen LogP contribution in [-0.2, 0) is 14.8 Å². The molecule has 0 spiro atoms. The molecule has 0 radical (unpaired) electrons. The SMILES string of the molecule is CC(C)c1ccc2c(S(=O)(=O)N3CCC(=O)CC3)csc2c1. The second-order valence-corrected chi connectivity index (χ2v) is 8.77. The van der Waals surface area contributed by atoms with Crippen molar-refractivity contribution in [3.8, 4) is 0 Å². The molecule has 22 heavy (non-hydrogen) atoms. The van der Waals surface area contributed by atoms with Gasteiger partial charge in [0, 0.05) is 41.4 Å². The molecule has 1 saturated heterocycles. The maximum Gasteiger partial charge on any atom is 0.244 e. The van der Waals surface area contributed by atoms with Gasteiger partial charge >= 0.3 is 0 Å². The molecule has 0 bridgehead atoms. The third kappa shape index (κ3) is 2.71. The highest BCUT2D eigenvalue weighted by Crippen LogP contribution is 2.34. The number of fused-ring (bicyclic) bond motifs is 1. The molecule has 0 atom stereocenters.